The highest BCUT2D eigenvalue weighted by Gasteiger charge is 2.49. The van der Waals surface area contributed by atoms with Crippen LogP contribution in [0.15, 0.2) is 12.7 Å². The second kappa shape index (κ2) is 3.61. The van der Waals surface area contributed by atoms with Crippen LogP contribution in [-0.4, -0.2) is 23.9 Å². The first-order valence-electron chi connectivity index (χ1n) is 6.58. The second-order valence-electron chi connectivity index (χ2n) is 6.07. The lowest BCUT2D eigenvalue weighted by Gasteiger charge is -2.56. The fourth-order valence-corrected chi connectivity index (χ4v) is 4.82. The van der Waals surface area contributed by atoms with Crippen molar-refractivity contribution in [3.63, 3.8) is 0 Å². The maximum atomic E-state index is 11.7. The van der Waals surface area contributed by atoms with Gasteiger partial charge < -0.3 is 4.90 Å². The summed E-state index contributed by atoms with van der Waals surface area (Å²) in [7, 11) is 1.97. The van der Waals surface area contributed by atoms with Crippen LogP contribution in [0.4, 0.5) is 0 Å². The van der Waals surface area contributed by atoms with E-state index in [0.29, 0.717) is 6.04 Å². The van der Waals surface area contributed by atoms with E-state index < -0.39 is 0 Å². The van der Waals surface area contributed by atoms with E-state index >= 15 is 0 Å². The van der Waals surface area contributed by atoms with Gasteiger partial charge in [-0.1, -0.05) is 6.58 Å². The first-order chi connectivity index (χ1) is 7.69. The Morgan fingerprint density at radius 1 is 1.12 bits per heavy atom. The zero-order valence-corrected chi connectivity index (χ0v) is 10.1. The Morgan fingerprint density at radius 3 is 2.06 bits per heavy atom. The summed E-state index contributed by atoms with van der Waals surface area (Å²) in [5.41, 5.74) is 0. The number of rotatable bonds is 2. The third kappa shape index (κ3) is 1.42. The lowest BCUT2D eigenvalue weighted by atomic mass is 9.54. The van der Waals surface area contributed by atoms with Crippen LogP contribution in [0, 0.1) is 23.7 Å². The fraction of sp³-hybridized carbons (Fsp3) is 0.786. The largest absolute Gasteiger partial charge is 0.339 e. The smallest absolute Gasteiger partial charge is 0.245 e. The third-order valence-electron chi connectivity index (χ3n) is 5.15. The molecular weight excluding hydrogens is 198 g/mol. The molecule has 0 aromatic rings. The molecule has 0 saturated heterocycles. The minimum absolute atomic E-state index is 0.109. The first-order valence-corrected chi connectivity index (χ1v) is 6.58. The maximum Gasteiger partial charge on any atom is 0.245 e. The predicted molar refractivity (Wildman–Crippen MR) is 63.8 cm³/mol. The van der Waals surface area contributed by atoms with Gasteiger partial charge in [0.25, 0.3) is 0 Å². The van der Waals surface area contributed by atoms with Crippen molar-refractivity contribution < 1.29 is 4.79 Å². The van der Waals surface area contributed by atoms with Gasteiger partial charge in [-0.05, 0) is 61.9 Å². The number of carbonyl (C=O) groups excluding carboxylic acids is 1. The van der Waals surface area contributed by atoms with Gasteiger partial charge in [0.15, 0.2) is 0 Å². The normalized spacial score (nSPS) is 44.4. The van der Waals surface area contributed by atoms with E-state index in [2.05, 4.69) is 6.58 Å². The molecule has 16 heavy (non-hydrogen) atoms. The van der Waals surface area contributed by atoms with Crippen LogP contribution in [0.2, 0.25) is 0 Å². The molecule has 4 saturated carbocycles. The van der Waals surface area contributed by atoms with Crippen LogP contribution >= 0.6 is 0 Å². The van der Waals surface area contributed by atoms with Crippen LogP contribution in [0.5, 0.6) is 0 Å². The van der Waals surface area contributed by atoms with Crippen LogP contribution in [-0.2, 0) is 4.79 Å². The Hall–Kier alpha value is -0.790. The van der Waals surface area contributed by atoms with E-state index in [4.69, 9.17) is 0 Å². The van der Waals surface area contributed by atoms with Gasteiger partial charge in [-0.2, -0.15) is 0 Å². The van der Waals surface area contributed by atoms with E-state index in [9.17, 15) is 4.79 Å². The fourth-order valence-electron chi connectivity index (χ4n) is 4.82. The first kappa shape index (κ1) is 10.4. The Balaban J connectivity index is 1.81. The molecule has 0 radical (unpaired) electrons. The summed E-state index contributed by atoms with van der Waals surface area (Å²) in [5.74, 6) is 3.63. The lowest BCUT2D eigenvalue weighted by Crippen LogP contribution is -2.56. The lowest BCUT2D eigenvalue weighted by molar-refractivity contribution is -0.135. The van der Waals surface area contributed by atoms with E-state index in [1.165, 1.54) is 38.2 Å². The van der Waals surface area contributed by atoms with Gasteiger partial charge in [0.2, 0.25) is 5.91 Å². The highest BCUT2D eigenvalue weighted by molar-refractivity contribution is 5.87. The molecule has 0 aliphatic heterocycles. The van der Waals surface area contributed by atoms with Crippen molar-refractivity contribution >= 4 is 5.91 Å². The van der Waals surface area contributed by atoms with Crippen molar-refractivity contribution in [3.8, 4) is 0 Å². The SMILES string of the molecule is C=CC(=O)N(C)C1C2CC3CC(C2)CC1C3. The van der Waals surface area contributed by atoms with Crippen molar-refractivity contribution in [2.45, 2.75) is 38.1 Å². The summed E-state index contributed by atoms with van der Waals surface area (Å²) in [5, 5.41) is 0. The molecule has 0 atom stereocenters. The van der Waals surface area contributed by atoms with Gasteiger partial charge in [-0.3, -0.25) is 4.79 Å². The summed E-state index contributed by atoms with van der Waals surface area (Å²) in [6.07, 6.45) is 8.40. The van der Waals surface area contributed by atoms with Gasteiger partial charge in [0, 0.05) is 13.1 Å². The monoisotopic (exact) mass is 219 g/mol. The molecule has 1 amide bonds. The Kier molecular flexibility index (Phi) is 2.34. The van der Waals surface area contributed by atoms with Gasteiger partial charge >= 0.3 is 0 Å². The van der Waals surface area contributed by atoms with Crippen LogP contribution in [0.1, 0.15) is 32.1 Å². The maximum absolute atomic E-state index is 11.7. The molecule has 4 aliphatic rings. The molecule has 0 heterocycles. The minimum atomic E-state index is 0.109. The number of carbonyl (C=O) groups is 1. The van der Waals surface area contributed by atoms with Crippen molar-refractivity contribution in [1.82, 2.24) is 4.90 Å². The zero-order chi connectivity index (χ0) is 11.3. The van der Waals surface area contributed by atoms with Crippen LogP contribution < -0.4 is 0 Å². The molecule has 0 unspecified atom stereocenters. The number of hydrogen-bond acceptors (Lipinski definition) is 1. The molecule has 4 aliphatic carbocycles. The molecule has 0 spiro atoms. The van der Waals surface area contributed by atoms with Gasteiger partial charge in [0.1, 0.15) is 0 Å². The molecule has 88 valence electrons. The van der Waals surface area contributed by atoms with Gasteiger partial charge in [-0.15, -0.1) is 0 Å². The summed E-state index contributed by atoms with van der Waals surface area (Å²) in [6.45, 7) is 3.60. The summed E-state index contributed by atoms with van der Waals surface area (Å²) in [4.78, 5) is 13.7. The minimum Gasteiger partial charge on any atom is -0.339 e. The third-order valence-corrected chi connectivity index (χ3v) is 5.15. The number of hydrogen-bond donors (Lipinski definition) is 0. The van der Waals surface area contributed by atoms with Crippen molar-refractivity contribution in [3.05, 3.63) is 12.7 Å². The Morgan fingerprint density at radius 2 is 1.62 bits per heavy atom. The highest BCUT2D eigenvalue weighted by atomic mass is 16.2. The quantitative estimate of drug-likeness (QED) is 0.653. The summed E-state index contributed by atoms with van der Waals surface area (Å²) in [6, 6.07) is 0.512. The molecular formula is C14H21NO. The zero-order valence-electron chi connectivity index (χ0n) is 10.1. The van der Waals surface area contributed by atoms with E-state index in [-0.39, 0.29) is 5.91 Å². The molecule has 4 fully saturated rings. The second-order valence-corrected chi connectivity index (χ2v) is 6.07. The highest BCUT2D eigenvalue weighted by Crippen LogP contribution is 2.54. The molecule has 4 bridgehead atoms. The van der Waals surface area contributed by atoms with Gasteiger partial charge in [-0.25, -0.2) is 0 Å². The van der Waals surface area contributed by atoms with Crippen molar-refractivity contribution in [2.24, 2.45) is 23.7 Å². The van der Waals surface area contributed by atoms with Crippen molar-refractivity contribution in [2.75, 3.05) is 7.05 Å². The molecule has 2 nitrogen and oxygen atoms in total. The van der Waals surface area contributed by atoms with E-state index in [1.54, 1.807) is 0 Å². The predicted octanol–water partition coefficient (Wildman–Crippen LogP) is 2.46. The number of amides is 1. The van der Waals surface area contributed by atoms with E-state index in [0.717, 1.165) is 23.7 Å². The number of nitrogens with zero attached hydrogens (tertiary/aromatic N) is 1. The van der Waals surface area contributed by atoms with Crippen molar-refractivity contribution in [1.29, 1.82) is 0 Å². The van der Waals surface area contributed by atoms with Crippen LogP contribution in [0.3, 0.4) is 0 Å². The summed E-state index contributed by atoms with van der Waals surface area (Å²) < 4.78 is 0. The molecule has 2 heteroatoms. The molecule has 4 rings (SSSR count). The van der Waals surface area contributed by atoms with E-state index in [1.807, 2.05) is 11.9 Å². The molecule has 0 aromatic carbocycles. The summed E-state index contributed by atoms with van der Waals surface area (Å²) >= 11 is 0. The topological polar surface area (TPSA) is 20.3 Å². The molecule has 0 aromatic heterocycles. The Bertz CT molecular complexity index is 295. The standard InChI is InChI=1S/C14H21NO/c1-3-13(16)15(2)14-11-5-9-4-10(7-11)8-12(14)6-9/h3,9-12,14H,1,4-8H2,2H3. The average Bonchev–Trinajstić information content (AvgIpc) is 2.26. The average molecular weight is 219 g/mol. The Labute approximate surface area is 97.7 Å². The van der Waals surface area contributed by atoms with Crippen LogP contribution in [0.25, 0.3) is 0 Å². The van der Waals surface area contributed by atoms with Gasteiger partial charge in [0.05, 0.1) is 0 Å². The number of likely N-dealkylation sites (N-methyl/N-ethyl adjacent to an activating group) is 1. The molecule has 0 N–H and O–H groups in total.